The van der Waals surface area contributed by atoms with Gasteiger partial charge in [0.15, 0.2) is 11.6 Å². The van der Waals surface area contributed by atoms with Crippen LogP contribution in [0.1, 0.15) is 26.2 Å². The number of rotatable bonds is 6. The first-order chi connectivity index (χ1) is 7.61. The Morgan fingerprint density at radius 3 is 2.88 bits per heavy atom. The van der Waals surface area contributed by atoms with Crippen LogP contribution in [0.5, 0.6) is 5.75 Å². The number of carbonyl (C=O) groups excluding carboxylic acids is 1. The highest BCUT2D eigenvalue weighted by Gasteiger charge is 2.06. The van der Waals surface area contributed by atoms with Crippen LogP contribution in [0.3, 0.4) is 0 Å². The van der Waals surface area contributed by atoms with Gasteiger partial charge in [0.05, 0.1) is 11.6 Å². The van der Waals surface area contributed by atoms with E-state index in [9.17, 15) is 9.18 Å². The summed E-state index contributed by atoms with van der Waals surface area (Å²) in [6, 6.07) is 4.64. The number of hydrogen-bond acceptors (Lipinski definition) is 2. The number of ether oxygens (including phenoxy) is 1. The van der Waals surface area contributed by atoms with Crippen molar-refractivity contribution in [3.63, 3.8) is 0 Å². The molecule has 2 nitrogen and oxygen atoms in total. The minimum absolute atomic E-state index is 0.0567. The van der Waals surface area contributed by atoms with Crippen molar-refractivity contribution in [1.82, 2.24) is 0 Å². The van der Waals surface area contributed by atoms with Crippen LogP contribution >= 0.6 is 11.6 Å². The van der Waals surface area contributed by atoms with E-state index in [0.717, 1.165) is 12.8 Å². The summed E-state index contributed by atoms with van der Waals surface area (Å²) in [7, 11) is 0. The lowest BCUT2D eigenvalue weighted by molar-refractivity contribution is -0.117. The first kappa shape index (κ1) is 13.0. The Morgan fingerprint density at radius 1 is 1.44 bits per heavy atom. The Hall–Kier alpha value is -1.09. The zero-order chi connectivity index (χ0) is 12.0. The van der Waals surface area contributed by atoms with Crippen LogP contribution in [0.4, 0.5) is 4.39 Å². The van der Waals surface area contributed by atoms with Crippen LogP contribution in [0.15, 0.2) is 18.2 Å². The Bertz CT molecular complexity index is 366. The van der Waals surface area contributed by atoms with Crippen molar-refractivity contribution in [1.29, 1.82) is 0 Å². The van der Waals surface area contributed by atoms with Gasteiger partial charge in [0.1, 0.15) is 5.78 Å². The molecule has 0 aliphatic carbocycles. The van der Waals surface area contributed by atoms with Crippen molar-refractivity contribution in [2.45, 2.75) is 26.2 Å². The molecular formula is C12H14ClFO2. The molecule has 0 N–H and O–H groups in total. The van der Waals surface area contributed by atoms with Gasteiger partial charge in [-0.25, -0.2) is 4.39 Å². The maximum absolute atomic E-state index is 13.3. The molecule has 0 radical (unpaired) electrons. The largest absolute Gasteiger partial charge is 0.490 e. The summed E-state index contributed by atoms with van der Waals surface area (Å²) < 4.78 is 18.6. The van der Waals surface area contributed by atoms with Crippen LogP contribution in [0.2, 0.25) is 5.02 Å². The van der Waals surface area contributed by atoms with E-state index in [-0.39, 0.29) is 16.6 Å². The number of Topliss-reactive ketones (excluding diaryl/α,β-unsaturated/α-hetero) is 1. The number of hydrogen-bond donors (Lipinski definition) is 0. The van der Waals surface area contributed by atoms with Gasteiger partial charge in [0, 0.05) is 6.42 Å². The molecule has 16 heavy (non-hydrogen) atoms. The van der Waals surface area contributed by atoms with Crippen molar-refractivity contribution in [3.8, 4) is 5.75 Å². The Balaban J connectivity index is 2.32. The van der Waals surface area contributed by atoms with E-state index in [1.54, 1.807) is 13.0 Å². The summed E-state index contributed by atoms with van der Waals surface area (Å²) in [6.45, 7) is 1.95. The molecule has 4 heteroatoms. The fraction of sp³-hybridized carbons (Fsp3) is 0.417. The number of carbonyl (C=O) groups is 1. The average molecular weight is 245 g/mol. The molecule has 1 aromatic carbocycles. The maximum atomic E-state index is 13.3. The molecule has 1 rings (SSSR count). The molecule has 0 saturated heterocycles. The molecule has 0 aliphatic rings. The van der Waals surface area contributed by atoms with Gasteiger partial charge >= 0.3 is 0 Å². The van der Waals surface area contributed by atoms with E-state index in [4.69, 9.17) is 16.3 Å². The summed E-state index contributed by atoms with van der Waals surface area (Å²) in [6.07, 6.45) is 2.03. The molecule has 0 fully saturated rings. The Morgan fingerprint density at radius 2 is 2.19 bits per heavy atom. The first-order valence-electron chi connectivity index (χ1n) is 5.17. The van der Waals surface area contributed by atoms with Crippen LogP contribution < -0.4 is 4.74 Å². The standard InChI is InChI=1S/C12H14ClFO2/c1-9(15)5-2-3-8-16-11-7-4-6-10(13)12(11)14/h4,6-7H,2-3,5,8H2,1H3. The second-order valence-corrected chi connectivity index (χ2v) is 3.97. The van der Waals surface area contributed by atoms with Crippen molar-refractivity contribution in [3.05, 3.63) is 29.0 Å². The molecule has 0 amide bonds. The van der Waals surface area contributed by atoms with Crippen molar-refractivity contribution in [2.24, 2.45) is 0 Å². The minimum atomic E-state index is -0.532. The van der Waals surface area contributed by atoms with Gasteiger partial charge in [-0.15, -0.1) is 0 Å². The number of unbranched alkanes of at least 4 members (excludes halogenated alkanes) is 1. The summed E-state index contributed by atoms with van der Waals surface area (Å²) in [5.74, 6) is -0.208. The Labute approximate surface area is 99.4 Å². The monoisotopic (exact) mass is 244 g/mol. The number of ketones is 1. The third-order valence-corrected chi connectivity index (χ3v) is 2.39. The zero-order valence-electron chi connectivity index (χ0n) is 9.13. The van der Waals surface area contributed by atoms with Crippen molar-refractivity contribution >= 4 is 17.4 Å². The highest BCUT2D eigenvalue weighted by atomic mass is 35.5. The van der Waals surface area contributed by atoms with Crippen LogP contribution in [0.25, 0.3) is 0 Å². The molecule has 0 aromatic heterocycles. The Kier molecular flexibility index (Phi) is 5.26. The lowest BCUT2D eigenvalue weighted by atomic mass is 10.2. The van der Waals surface area contributed by atoms with Gasteiger partial charge in [0.2, 0.25) is 0 Å². The highest BCUT2D eigenvalue weighted by Crippen LogP contribution is 2.24. The van der Waals surface area contributed by atoms with Gasteiger partial charge in [-0.3, -0.25) is 0 Å². The third-order valence-electron chi connectivity index (χ3n) is 2.10. The highest BCUT2D eigenvalue weighted by molar-refractivity contribution is 6.30. The fourth-order valence-corrected chi connectivity index (χ4v) is 1.42. The smallest absolute Gasteiger partial charge is 0.183 e. The molecule has 0 unspecified atom stereocenters. The molecule has 0 heterocycles. The molecule has 1 aromatic rings. The molecule has 0 bridgehead atoms. The van der Waals surface area contributed by atoms with Crippen molar-refractivity contribution < 1.29 is 13.9 Å². The van der Waals surface area contributed by atoms with Gasteiger partial charge in [-0.2, -0.15) is 0 Å². The maximum Gasteiger partial charge on any atom is 0.183 e. The summed E-state index contributed by atoms with van der Waals surface area (Å²) in [5.41, 5.74) is 0. The average Bonchev–Trinajstić information content (AvgIpc) is 2.23. The van der Waals surface area contributed by atoms with Crippen molar-refractivity contribution in [2.75, 3.05) is 6.61 Å². The lowest BCUT2D eigenvalue weighted by Gasteiger charge is -2.07. The van der Waals surface area contributed by atoms with Crippen LogP contribution in [-0.4, -0.2) is 12.4 Å². The normalized spacial score (nSPS) is 10.2. The van der Waals surface area contributed by atoms with Gasteiger partial charge < -0.3 is 9.53 Å². The number of halogens is 2. The molecule has 0 saturated carbocycles. The summed E-state index contributed by atoms with van der Waals surface area (Å²) in [4.78, 5) is 10.7. The van der Waals surface area contributed by atoms with E-state index < -0.39 is 5.82 Å². The van der Waals surface area contributed by atoms with E-state index in [1.807, 2.05) is 0 Å². The predicted molar refractivity (Wildman–Crippen MR) is 61.4 cm³/mol. The lowest BCUT2D eigenvalue weighted by Crippen LogP contribution is -2.00. The van der Waals surface area contributed by atoms with Crippen LogP contribution in [0, 0.1) is 5.82 Å². The van der Waals surface area contributed by atoms with Gasteiger partial charge in [-0.05, 0) is 31.9 Å². The number of benzene rings is 1. The third kappa shape index (κ3) is 4.19. The molecule has 0 aliphatic heterocycles. The second-order valence-electron chi connectivity index (χ2n) is 3.56. The molecule has 0 atom stereocenters. The summed E-state index contributed by atoms with van der Waals surface area (Å²) in [5, 5.41) is 0.0567. The molecular weight excluding hydrogens is 231 g/mol. The van der Waals surface area contributed by atoms with E-state index in [2.05, 4.69) is 0 Å². The first-order valence-corrected chi connectivity index (χ1v) is 5.55. The zero-order valence-corrected chi connectivity index (χ0v) is 9.89. The van der Waals surface area contributed by atoms with E-state index in [0.29, 0.717) is 13.0 Å². The SMILES string of the molecule is CC(=O)CCCCOc1cccc(Cl)c1F. The predicted octanol–water partition coefficient (Wildman–Crippen LogP) is 3.62. The van der Waals surface area contributed by atoms with Crippen LogP contribution in [-0.2, 0) is 4.79 Å². The van der Waals surface area contributed by atoms with E-state index in [1.165, 1.54) is 12.1 Å². The van der Waals surface area contributed by atoms with E-state index >= 15 is 0 Å². The fourth-order valence-electron chi connectivity index (χ4n) is 1.25. The molecule has 0 spiro atoms. The quantitative estimate of drug-likeness (QED) is 0.715. The van der Waals surface area contributed by atoms with Gasteiger partial charge in [0.25, 0.3) is 0 Å². The van der Waals surface area contributed by atoms with Gasteiger partial charge in [-0.1, -0.05) is 17.7 Å². The summed E-state index contributed by atoms with van der Waals surface area (Å²) >= 11 is 5.60. The second kappa shape index (κ2) is 6.48. The topological polar surface area (TPSA) is 26.3 Å². The minimum Gasteiger partial charge on any atom is -0.490 e. The molecule has 88 valence electrons.